The van der Waals surface area contributed by atoms with E-state index < -0.39 is 0 Å². The number of likely N-dealkylation sites (tertiary alicyclic amines) is 1. The molecule has 2 heterocycles. The number of nitrogens with one attached hydrogen (secondary N) is 1. The van der Waals surface area contributed by atoms with Crippen LogP contribution >= 0.6 is 0 Å². The van der Waals surface area contributed by atoms with Gasteiger partial charge in [0, 0.05) is 26.2 Å². The molecule has 3 rings (SSSR count). The molecule has 0 aromatic carbocycles. The summed E-state index contributed by atoms with van der Waals surface area (Å²) in [4.78, 5) is 7.20. The van der Waals surface area contributed by atoms with Crippen LogP contribution in [0.1, 0.15) is 45.4 Å². The second kappa shape index (κ2) is 6.03. The first kappa shape index (κ1) is 14.4. The van der Waals surface area contributed by atoms with Gasteiger partial charge in [0.15, 0.2) is 11.8 Å². The van der Waals surface area contributed by atoms with Crippen molar-refractivity contribution in [3.8, 4) is 0 Å². The van der Waals surface area contributed by atoms with Gasteiger partial charge in [-0.15, -0.1) is 10.2 Å². The normalized spacial score (nSPS) is 20.9. The summed E-state index contributed by atoms with van der Waals surface area (Å²) in [5.41, 5.74) is 0.597. The van der Waals surface area contributed by atoms with Gasteiger partial charge < -0.3 is 14.8 Å². The van der Waals surface area contributed by atoms with E-state index in [-0.39, 0.29) is 0 Å². The zero-order valence-electron chi connectivity index (χ0n) is 13.2. The van der Waals surface area contributed by atoms with Crippen molar-refractivity contribution in [3.05, 3.63) is 12.2 Å². The van der Waals surface area contributed by atoms with Crippen LogP contribution in [0.2, 0.25) is 0 Å². The van der Waals surface area contributed by atoms with Gasteiger partial charge >= 0.3 is 0 Å². The Labute approximate surface area is 126 Å². The summed E-state index contributed by atoms with van der Waals surface area (Å²) < 4.78 is 2.05. The average molecular weight is 290 g/mol. The van der Waals surface area contributed by atoms with E-state index in [9.17, 15) is 0 Å². The first-order valence-corrected chi connectivity index (χ1v) is 8.16. The molecular formula is C15H26N6. The van der Waals surface area contributed by atoms with Crippen LogP contribution in [0.4, 0.5) is 0 Å². The monoisotopic (exact) mass is 290 g/mol. The summed E-state index contributed by atoms with van der Waals surface area (Å²) in [5, 5.41) is 11.6. The molecule has 0 unspecified atom stereocenters. The second-order valence-electron chi connectivity index (χ2n) is 6.23. The van der Waals surface area contributed by atoms with Crippen LogP contribution in [0, 0.1) is 5.41 Å². The van der Waals surface area contributed by atoms with E-state index in [1.807, 2.05) is 4.57 Å². The van der Waals surface area contributed by atoms with Crippen LogP contribution in [0.3, 0.4) is 0 Å². The molecule has 1 aliphatic carbocycles. The smallest absolute Gasteiger partial charge is 0.194 e. The van der Waals surface area contributed by atoms with Gasteiger partial charge in [0.1, 0.15) is 12.9 Å². The zero-order chi connectivity index (χ0) is 14.7. The molecule has 1 N–H and O–H groups in total. The molecule has 6 nitrogen and oxygen atoms in total. The minimum atomic E-state index is 0.597. The predicted octanol–water partition coefficient (Wildman–Crippen LogP) is 1.64. The molecule has 1 saturated carbocycles. The minimum absolute atomic E-state index is 0.597. The summed E-state index contributed by atoms with van der Waals surface area (Å²) >= 11 is 0. The van der Waals surface area contributed by atoms with Gasteiger partial charge in [-0.05, 0) is 38.5 Å². The van der Waals surface area contributed by atoms with E-state index >= 15 is 0 Å². The van der Waals surface area contributed by atoms with Crippen molar-refractivity contribution in [1.82, 2.24) is 25.0 Å². The molecule has 2 aliphatic rings. The molecule has 21 heavy (non-hydrogen) atoms. The molecule has 116 valence electrons. The van der Waals surface area contributed by atoms with Gasteiger partial charge in [0.25, 0.3) is 0 Å². The number of aromatic nitrogens is 3. The van der Waals surface area contributed by atoms with E-state index in [0.29, 0.717) is 12.0 Å². The molecule has 1 spiro atoms. The fraction of sp³-hybridized carbons (Fsp3) is 0.800. The lowest BCUT2D eigenvalue weighted by molar-refractivity contribution is 0.151. The van der Waals surface area contributed by atoms with Crippen LogP contribution < -0.4 is 5.32 Å². The molecule has 6 heteroatoms. The second-order valence-corrected chi connectivity index (χ2v) is 6.23. The summed E-state index contributed by atoms with van der Waals surface area (Å²) in [6.45, 7) is 8.91. The molecule has 0 amide bonds. The molecular weight excluding hydrogens is 264 g/mol. The van der Waals surface area contributed by atoms with Crippen molar-refractivity contribution in [2.24, 2.45) is 10.4 Å². The van der Waals surface area contributed by atoms with E-state index in [0.717, 1.165) is 31.4 Å². The lowest BCUT2D eigenvalue weighted by atomic mass is 9.68. The first-order chi connectivity index (χ1) is 10.3. The fourth-order valence-electron chi connectivity index (χ4n) is 3.44. The zero-order valence-corrected chi connectivity index (χ0v) is 13.2. The van der Waals surface area contributed by atoms with Crippen molar-refractivity contribution in [2.75, 3.05) is 19.6 Å². The maximum atomic E-state index is 4.78. The summed E-state index contributed by atoms with van der Waals surface area (Å²) in [5.74, 6) is 1.97. The Bertz CT molecular complexity index is 502. The van der Waals surface area contributed by atoms with Gasteiger partial charge in [-0.3, -0.25) is 0 Å². The quantitative estimate of drug-likeness (QED) is 0.676. The first-order valence-electron chi connectivity index (χ1n) is 8.16. The van der Waals surface area contributed by atoms with Gasteiger partial charge in [0.2, 0.25) is 0 Å². The summed E-state index contributed by atoms with van der Waals surface area (Å²) in [6, 6.07) is 0. The Morgan fingerprint density at radius 2 is 2.24 bits per heavy atom. The Hall–Kier alpha value is -1.59. The third-order valence-electron chi connectivity index (χ3n) is 4.89. The van der Waals surface area contributed by atoms with E-state index in [1.54, 1.807) is 6.33 Å². The fourth-order valence-corrected chi connectivity index (χ4v) is 3.44. The van der Waals surface area contributed by atoms with E-state index in [4.69, 9.17) is 4.99 Å². The topological polar surface area (TPSA) is 58.3 Å². The average Bonchev–Trinajstić information content (AvgIpc) is 3.09. The molecule has 1 aromatic rings. The Morgan fingerprint density at radius 1 is 1.38 bits per heavy atom. The van der Waals surface area contributed by atoms with Crippen LogP contribution in [-0.2, 0) is 13.1 Å². The third-order valence-corrected chi connectivity index (χ3v) is 4.89. The highest BCUT2D eigenvalue weighted by molar-refractivity contribution is 5.80. The number of aliphatic imine (C=N–C) groups is 1. The van der Waals surface area contributed by atoms with Gasteiger partial charge in [0.05, 0.1) is 0 Å². The number of rotatable bonds is 4. The standard InChI is InChI=1S/C15H26N6/c1-3-16-14(17-10-13-19-18-12-20(13)4-2)21-9-8-15(11-21)6-5-7-15/h12H,3-11H2,1-2H3,(H,16,17). The highest BCUT2D eigenvalue weighted by atomic mass is 15.3. The minimum Gasteiger partial charge on any atom is -0.357 e. The van der Waals surface area contributed by atoms with Gasteiger partial charge in [-0.25, -0.2) is 4.99 Å². The Kier molecular flexibility index (Phi) is 4.12. The van der Waals surface area contributed by atoms with Gasteiger partial charge in [-0.1, -0.05) is 6.42 Å². The Balaban J connectivity index is 1.67. The van der Waals surface area contributed by atoms with Crippen molar-refractivity contribution < 1.29 is 0 Å². The Morgan fingerprint density at radius 3 is 2.86 bits per heavy atom. The van der Waals surface area contributed by atoms with E-state index in [2.05, 4.69) is 34.3 Å². The van der Waals surface area contributed by atoms with Crippen molar-refractivity contribution in [3.63, 3.8) is 0 Å². The SMILES string of the molecule is CCNC(=NCc1nncn1CC)N1CCC2(CCC2)C1. The number of hydrogen-bond acceptors (Lipinski definition) is 3. The molecule has 0 atom stereocenters. The molecule has 1 saturated heterocycles. The number of guanidine groups is 1. The number of hydrogen-bond donors (Lipinski definition) is 1. The number of nitrogens with zero attached hydrogens (tertiary/aromatic N) is 5. The molecule has 1 aliphatic heterocycles. The molecule has 0 radical (unpaired) electrons. The third kappa shape index (κ3) is 2.89. The maximum absolute atomic E-state index is 4.78. The highest BCUT2D eigenvalue weighted by Gasteiger charge is 2.43. The molecule has 1 aromatic heterocycles. The maximum Gasteiger partial charge on any atom is 0.194 e. The van der Waals surface area contributed by atoms with Crippen LogP contribution in [0.15, 0.2) is 11.3 Å². The predicted molar refractivity (Wildman–Crippen MR) is 83.0 cm³/mol. The van der Waals surface area contributed by atoms with Crippen molar-refractivity contribution >= 4 is 5.96 Å². The highest BCUT2D eigenvalue weighted by Crippen LogP contribution is 2.47. The lowest BCUT2D eigenvalue weighted by Gasteiger charge is -2.38. The summed E-state index contributed by atoms with van der Waals surface area (Å²) in [7, 11) is 0. The van der Waals surface area contributed by atoms with Crippen LogP contribution in [0.5, 0.6) is 0 Å². The van der Waals surface area contributed by atoms with E-state index in [1.165, 1.54) is 32.2 Å². The van der Waals surface area contributed by atoms with Crippen molar-refractivity contribution in [2.45, 2.75) is 52.6 Å². The van der Waals surface area contributed by atoms with Crippen molar-refractivity contribution in [1.29, 1.82) is 0 Å². The lowest BCUT2D eigenvalue weighted by Crippen LogP contribution is -2.42. The summed E-state index contributed by atoms with van der Waals surface area (Å²) in [6.07, 6.45) is 7.29. The van der Waals surface area contributed by atoms with Crippen LogP contribution in [-0.4, -0.2) is 45.3 Å². The molecule has 2 fully saturated rings. The molecule has 0 bridgehead atoms. The number of aryl methyl sites for hydroxylation is 1. The van der Waals surface area contributed by atoms with Crippen LogP contribution in [0.25, 0.3) is 0 Å². The van der Waals surface area contributed by atoms with Gasteiger partial charge in [-0.2, -0.15) is 0 Å². The largest absolute Gasteiger partial charge is 0.357 e.